The Morgan fingerprint density at radius 3 is 2.25 bits per heavy atom. The molecule has 4 nitrogen and oxygen atoms in total. The molecule has 2 N–H and O–H groups in total. The number of carbonyl (C=O) groups is 2. The molecule has 2 amide bonds. The van der Waals surface area contributed by atoms with Crippen LogP contribution in [0.15, 0.2) is 71.7 Å². The van der Waals surface area contributed by atoms with Gasteiger partial charge in [0.15, 0.2) is 0 Å². The third-order valence-corrected chi connectivity index (χ3v) is 6.16. The van der Waals surface area contributed by atoms with Crippen molar-refractivity contribution in [3.8, 4) is 0 Å². The molecule has 0 aliphatic rings. The van der Waals surface area contributed by atoms with Crippen LogP contribution < -0.4 is 10.6 Å². The predicted molar refractivity (Wildman–Crippen MR) is 133 cm³/mol. The topological polar surface area (TPSA) is 58.2 Å². The van der Waals surface area contributed by atoms with Crippen LogP contribution in [0.25, 0.3) is 6.08 Å². The van der Waals surface area contributed by atoms with Gasteiger partial charge in [0, 0.05) is 10.4 Å². The molecule has 1 atom stereocenters. The maximum Gasteiger partial charge on any atom is 0.268 e. The van der Waals surface area contributed by atoms with Crippen molar-refractivity contribution in [3.63, 3.8) is 0 Å². The minimum absolute atomic E-state index is 0.0709. The molecule has 0 aliphatic carbocycles. The molecule has 0 saturated carbocycles. The summed E-state index contributed by atoms with van der Waals surface area (Å²) in [6.45, 7) is 10.3. The first-order valence-electron chi connectivity index (χ1n) is 10.7. The minimum Gasteiger partial charge on any atom is -0.344 e. The number of rotatable bonds is 6. The van der Waals surface area contributed by atoms with Gasteiger partial charge >= 0.3 is 0 Å². The van der Waals surface area contributed by atoms with Gasteiger partial charge < -0.3 is 10.6 Å². The molecule has 0 spiro atoms. The van der Waals surface area contributed by atoms with E-state index < -0.39 is 0 Å². The number of thiophene rings is 1. The van der Waals surface area contributed by atoms with E-state index in [0.29, 0.717) is 5.56 Å². The van der Waals surface area contributed by atoms with Gasteiger partial charge in [-0.05, 0) is 59.5 Å². The Bertz CT molecular complexity index is 1110. The Kier molecular flexibility index (Phi) is 7.31. The first kappa shape index (κ1) is 23.5. The summed E-state index contributed by atoms with van der Waals surface area (Å²) in [5, 5.41) is 7.77. The Hall–Kier alpha value is -3.18. The third kappa shape index (κ3) is 5.95. The van der Waals surface area contributed by atoms with E-state index in [2.05, 4.69) is 43.5 Å². The van der Waals surface area contributed by atoms with Gasteiger partial charge in [0.2, 0.25) is 0 Å². The van der Waals surface area contributed by atoms with Crippen LogP contribution in [0, 0.1) is 6.92 Å². The molecule has 0 unspecified atom stereocenters. The van der Waals surface area contributed by atoms with Crippen molar-refractivity contribution in [1.82, 2.24) is 10.6 Å². The molecule has 0 fully saturated rings. The smallest absolute Gasteiger partial charge is 0.268 e. The monoisotopic (exact) mass is 446 g/mol. The standard InChI is InChI=1S/C27H30N2O2S/c1-18-9-6-7-11-23(18)25(30)29-24(17-22-10-8-16-32-22)26(31)28-19(2)20-12-14-21(15-13-20)27(3,4)5/h6-17,19H,1-5H3,(H,28,31)(H,29,30)/b24-17-/t19-/m1/s1. The van der Waals surface area contributed by atoms with E-state index in [0.717, 1.165) is 16.0 Å². The second kappa shape index (κ2) is 9.96. The first-order chi connectivity index (χ1) is 15.1. The van der Waals surface area contributed by atoms with Gasteiger partial charge in [-0.15, -0.1) is 11.3 Å². The van der Waals surface area contributed by atoms with Crippen LogP contribution in [0.3, 0.4) is 0 Å². The van der Waals surface area contributed by atoms with Gasteiger partial charge in [0.05, 0.1) is 6.04 Å². The van der Waals surface area contributed by atoms with Crippen molar-refractivity contribution in [1.29, 1.82) is 0 Å². The summed E-state index contributed by atoms with van der Waals surface area (Å²) in [4.78, 5) is 26.9. The fraction of sp³-hybridized carbons (Fsp3) is 0.259. The Morgan fingerprint density at radius 2 is 1.66 bits per heavy atom. The largest absolute Gasteiger partial charge is 0.344 e. The van der Waals surface area contributed by atoms with E-state index >= 15 is 0 Å². The molecule has 0 aliphatic heterocycles. The zero-order valence-corrected chi connectivity index (χ0v) is 20.0. The van der Waals surface area contributed by atoms with Crippen molar-refractivity contribution >= 4 is 29.2 Å². The van der Waals surface area contributed by atoms with Crippen molar-refractivity contribution < 1.29 is 9.59 Å². The lowest BCUT2D eigenvalue weighted by molar-refractivity contribution is -0.118. The second-order valence-electron chi connectivity index (χ2n) is 8.91. The molecule has 0 saturated heterocycles. The maximum atomic E-state index is 13.1. The zero-order chi connectivity index (χ0) is 23.3. The van der Waals surface area contributed by atoms with E-state index in [4.69, 9.17) is 0 Å². The molecule has 3 aromatic rings. The quantitative estimate of drug-likeness (QED) is 0.456. The highest BCUT2D eigenvalue weighted by atomic mass is 32.1. The summed E-state index contributed by atoms with van der Waals surface area (Å²) in [6, 6.07) is 19.2. The van der Waals surface area contributed by atoms with Gasteiger partial charge in [-0.25, -0.2) is 0 Å². The normalized spacial score (nSPS) is 12.8. The van der Waals surface area contributed by atoms with E-state index in [1.54, 1.807) is 12.1 Å². The minimum atomic E-state index is -0.326. The highest BCUT2D eigenvalue weighted by Crippen LogP contribution is 2.24. The summed E-state index contributed by atoms with van der Waals surface area (Å²) in [7, 11) is 0. The van der Waals surface area contributed by atoms with Gasteiger partial charge in [0.25, 0.3) is 11.8 Å². The molecule has 1 aromatic heterocycles. The summed E-state index contributed by atoms with van der Waals surface area (Å²) >= 11 is 1.51. The van der Waals surface area contributed by atoms with Crippen molar-refractivity contribution in [2.24, 2.45) is 0 Å². The molecule has 0 bridgehead atoms. The lowest BCUT2D eigenvalue weighted by Gasteiger charge is -2.21. The van der Waals surface area contributed by atoms with E-state index in [1.165, 1.54) is 16.9 Å². The fourth-order valence-electron chi connectivity index (χ4n) is 3.32. The number of benzene rings is 2. The van der Waals surface area contributed by atoms with Crippen LogP contribution in [0.1, 0.15) is 65.7 Å². The van der Waals surface area contributed by atoms with Crippen LogP contribution in [0.4, 0.5) is 0 Å². The van der Waals surface area contributed by atoms with E-state index in [9.17, 15) is 9.59 Å². The number of amides is 2. The van der Waals surface area contributed by atoms with E-state index in [-0.39, 0.29) is 29.0 Å². The number of carbonyl (C=O) groups excluding carboxylic acids is 2. The third-order valence-electron chi connectivity index (χ3n) is 5.34. The maximum absolute atomic E-state index is 13.1. The average Bonchev–Trinajstić information content (AvgIpc) is 3.26. The number of hydrogen-bond acceptors (Lipinski definition) is 3. The summed E-state index contributed by atoms with van der Waals surface area (Å²) in [6.07, 6.45) is 1.71. The van der Waals surface area contributed by atoms with Gasteiger partial charge in [-0.1, -0.05) is 69.3 Å². The van der Waals surface area contributed by atoms with Crippen molar-refractivity contribution in [3.05, 3.63) is 98.9 Å². The van der Waals surface area contributed by atoms with E-state index in [1.807, 2.05) is 61.7 Å². The average molecular weight is 447 g/mol. The first-order valence-corrected chi connectivity index (χ1v) is 11.6. The number of aryl methyl sites for hydroxylation is 1. The molecule has 166 valence electrons. The predicted octanol–water partition coefficient (Wildman–Crippen LogP) is 6.00. The zero-order valence-electron chi connectivity index (χ0n) is 19.2. The fourth-order valence-corrected chi connectivity index (χ4v) is 3.98. The Morgan fingerprint density at radius 1 is 0.969 bits per heavy atom. The van der Waals surface area contributed by atoms with Gasteiger partial charge in [-0.3, -0.25) is 9.59 Å². The summed E-state index contributed by atoms with van der Waals surface area (Å²) < 4.78 is 0. The lowest BCUT2D eigenvalue weighted by atomic mass is 9.86. The van der Waals surface area contributed by atoms with Crippen LogP contribution in [-0.2, 0) is 10.2 Å². The van der Waals surface area contributed by atoms with Gasteiger partial charge in [-0.2, -0.15) is 0 Å². The number of hydrogen-bond donors (Lipinski definition) is 2. The lowest BCUT2D eigenvalue weighted by Crippen LogP contribution is -2.36. The highest BCUT2D eigenvalue weighted by Gasteiger charge is 2.19. The Balaban J connectivity index is 1.80. The SMILES string of the molecule is Cc1ccccc1C(=O)N/C(=C\c1cccs1)C(=O)N[C@H](C)c1ccc(C(C)(C)C)cc1. The molecule has 5 heteroatoms. The Labute approximate surface area is 194 Å². The molecule has 1 heterocycles. The van der Waals surface area contributed by atoms with Crippen LogP contribution in [0.2, 0.25) is 0 Å². The molecular weight excluding hydrogens is 416 g/mol. The summed E-state index contributed by atoms with van der Waals surface area (Å²) in [5.41, 5.74) is 3.94. The van der Waals surface area contributed by atoms with Crippen molar-refractivity contribution in [2.45, 2.75) is 46.1 Å². The van der Waals surface area contributed by atoms with Crippen LogP contribution in [-0.4, -0.2) is 11.8 Å². The molecule has 32 heavy (non-hydrogen) atoms. The molecule has 2 aromatic carbocycles. The van der Waals surface area contributed by atoms with Crippen LogP contribution >= 0.6 is 11.3 Å². The summed E-state index contributed by atoms with van der Waals surface area (Å²) in [5.74, 6) is -0.629. The molecule has 0 radical (unpaired) electrons. The molecule has 3 rings (SSSR count). The highest BCUT2D eigenvalue weighted by molar-refractivity contribution is 7.10. The second-order valence-corrected chi connectivity index (χ2v) is 9.89. The van der Waals surface area contributed by atoms with Crippen LogP contribution in [0.5, 0.6) is 0 Å². The molecular formula is C27H30N2O2S. The number of nitrogens with one attached hydrogen (secondary N) is 2. The van der Waals surface area contributed by atoms with Gasteiger partial charge in [0.1, 0.15) is 5.70 Å². The van der Waals surface area contributed by atoms with Crippen molar-refractivity contribution in [2.75, 3.05) is 0 Å².